The maximum Gasteiger partial charge on any atom is 0.154 e. The summed E-state index contributed by atoms with van der Waals surface area (Å²) in [5, 5.41) is 13.8. The number of benzene rings is 1. The number of aromatic amines is 1. The minimum absolute atomic E-state index is 0.613. The topological polar surface area (TPSA) is 71.3 Å². The third-order valence-electron chi connectivity index (χ3n) is 5.54. The van der Waals surface area contributed by atoms with Crippen LogP contribution in [0.15, 0.2) is 36.5 Å². The molecular weight excluding hydrogens is 340 g/mol. The summed E-state index contributed by atoms with van der Waals surface area (Å²) in [6, 6.07) is 10.5. The summed E-state index contributed by atoms with van der Waals surface area (Å²) in [5.74, 6) is 1.58. The van der Waals surface area contributed by atoms with Crippen LogP contribution in [0.4, 0.5) is 5.82 Å². The molecule has 0 unspecified atom stereocenters. The van der Waals surface area contributed by atoms with Crippen LogP contribution in [-0.2, 0) is 4.74 Å². The predicted molar refractivity (Wildman–Crippen MR) is 103 cm³/mol. The Kier molecular flexibility index (Phi) is 3.25. The molecule has 7 heteroatoms. The van der Waals surface area contributed by atoms with E-state index in [1.165, 1.54) is 23.9 Å². The van der Waals surface area contributed by atoms with E-state index in [1.807, 2.05) is 22.8 Å². The lowest BCUT2D eigenvalue weighted by molar-refractivity contribution is 0.122. The summed E-state index contributed by atoms with van der Waals surface area (Å²) in [6.07, 6.45) is 4.39. The van der Waals surface area contributed by atoms with Crippen LogP contribution in [0.1, 0.15) is 24.5 Å². The van der Waals surface area contributed by atoms with Crippen molar-refractivity contribution >= 4 is 22.4 Å². The number of aromatic nitrogens is 5. The number of hydrogen-bond donors (Lipinski definition) is 1. The van der Waals surface area contributed by atoms with E-state index < -0.39 is 0 Å². The van der Waals surface area contributed by atoms with Crippen molar-refractivity contribution < 1.29 is 4.74 Å². The number of morpholine rings is 1. The second-order valence-corrected chi connectivity index (χ2v) is 7.35. The highest BCUT2D eigenvalue weighted by Crippen LogP contribution is 2.42. The highest BCUT2D eigenvalue weighted by atomic mass is 16.5. The lowest BCUT2D eigenvalue weighted by atomic mass is 10.1. The Morgan fingerprint density at radius 1 is 1.07 bits per heavy atom. The van der Waals surface area contributed by atoms with Gasteiger partial charge in [0.1, 0.15) is 5.82 Å². The number of nitrogens with zero attached hydrogens (tertiary/aromatic N) is 5. The minimum atomic E-state index is 0.613. The molecule has 2 aliphatic rings. The summed E-state index contributed by atoms with van der Waals surface area (Å²) in [7, 11) is 0. The van der Waals surface area contributed by atoms with E-state index in [0.29, 0.717) is 5.92 Å². The van der Waals surface area contributed by atoms with Gasteiger partial charge in [-0.1, -0.05) is 6.07 Å². The van der Waals surface area contributed by atoms with Gasteiger partial charge in [0.05, 0.1) is 36.3 Å². The second-order valence-electron chi connectivity index (χ2n) is 7.35. The molecule has 4 aromatic rings. The highest BCUT2D eigenvalue weighted by molar-refractivity contribution is 5.87. The first-order chi connectivity index (χ1) is 13.4. The number of ether oxygens (including phenoxy) is 1. The number of H-pyrrole nitrogens is 1. The molecule has 0 atom stereocenters. The van der Waals surface area contributed by atoms with Crippen molar-refractivity contribution in [3.05, 3.63) is 42.2 Å². The lowest BCUT2D eigenvalue weighted by Gasteiger charge is -2.27. The van der Waals surface area contributed by atoms with Crippen molar-refractivity contribution in [2.75, 3.05) is 31.2 Å². The summed E-state index contributed by atoms with van der Waals surface area (Å²) in [4.78, 5) is 6.81. The molecule has 1 aliphatic carbocycles. The van der Waals surface area contributed by atoms with Crippen LogP contribution in [0.2, 0.25) is 0 Å². The molecule has 0 spiro atoms. The fourth-order valence-corrected chi connectivity index (χ4v) is 3.88. The molecule has 0 amide bonds. The van der Waals surface area contributed by atoms with E-state index in [0.717, 1.165) is 54.5 Å². The Bertz CT molecular complexity index is 1140. The van der Waals surface area contributed by atoms with Gasteiger partial charge < -0.3 is 9.64 Å². The lowest BCUT2D eigenvalue weighted by Crippen LogP contribution is -2.37. The van der Waals surface area contributed by atoms with Gasteiger partial charge in [0.2, 0.25) is 0 Å². The number of rotatable bonds is 3. The van der Waals surface area contributed by atoms with Gasteiger partial charge in [-0.3, -0.25) is 5.10 Å². The molecule has 1 aliphatic heterocycles. The molecule has 27 heavy (non-hydrogen) atoms. The van der Waals surface area contributed by atoms with Crippen LogP contribution in [0, 0.1) is 0 Å². The Morgan fingerprint density at radius 2 is 1.96 bits per heavy atom. The SMILES string of the molecule is c1cc2[nH]nc(C3CC3)c2cc1-c1cnc2ccc(N3CCOCC3)nn12. The molecule has 136 valence electrons. The van der Waals surface area contributed by atoms with Gasteiger partial charge in [-0.2, -0.15) is 5.10 Å². The Morgan fingerprint density at radius 3 is 2.81 bits per heavy atom. The van der Waals surface area contributed by atoms with Crippen molar-refractivity contribution in [3.63, 3.8) is 0 Å². The third-order valence-corrected chi connectivity index (χ3v) is 5.54. The fourth-order valence-electron chi connectivity index (χ4n) is 3.88. The zero-order chi connectivity index (χ0) is 17.8. The first-order valence-electron chi connectivity index (χ1n) is 9.53. The van der Waals surface area contributed by atoms with Gasteiger partial charge in [0, 0.05) is 30.0 Å². The largest absolute Gasteiger partial charge is 0.378 e. The molecule has 0 radical (unpaired) electrons. The van der Waals surface area contributed by atoms with Gasteiger partial charge in [-0.05, 0) is 37.1 Å². The molecule has 7 nitrogen and oxygen atoms in total. The van der Waals surface area contributed by atoms with Gasteiger partial charge in [0.25, 0.3) is 0 Å². The molecule has 1 aromatic carbocycles. The van der Waals surface area contributed by atoms with Gasteiger partial charge in [-0.15, -0.1) is 5.10 Å². The molecule has 1 saturated heterocycles. The molecule has 1 N–H and O–H groups in total. The number of nitrogens with one attached hydrogen (secondary N) is 1. The average molecular weight is 360 g/mol. The van der Waals surface area contributed by atoms with E-state index >= 15 is 0 Å². The standard InChI is InChI=1S/C20H20N6O/c1-2-13(1)20-15-11-14(3-4-16(15)22-23-20)17-12-21-18-5-6-19(24-26(17)18)25-7-9-27-10-8-25/h3-6,11-13H,1-2,7-10H2,(H,22,23). The third kappa shape index (κ3) is 2.49. The molecule has 4 heterocycles. The molecule has 1 saturated carbocycles. The monoisotopic (exact) mass is 360 g/mol. The Hall–Kier alpha value is -2.93. The first-order valence-corrected chi connectivity index (χ1v) is 9.53. The summed E-state index contributed by atoms with van der Waals surface area (Å²) in [6.45, 7) is 3.23. The summed E-state index contributed by atoms with van der Waals surface area (Å²) in [5.41, 5.74) is 5.27. The molecule has 6 rings (SSSR count). The quantitative estimate of drug-likeness (QED) is 0.608. The first kappa shape index (κ1) is 15.2. The van der Waals surface area contributed by atoms with E-state index in [4.69, 9.17) is 9.84 Å². The van der Waals surface area contributed by atoms with Crippen molar-refractivity contribution in [2.24, 2.45) is 0 Å². The minimum Gasteiger partial charge on any atom is -0.378 e. The summed E-state index contributed by atoms with van der Waals surface area (Å²) >= 11 is 0. The molecule has 0 bridgehead atoms. The van der Waals surface area contributed by atoms with Crippen molar-refractivity contribution in [1.29, 1.82) is 0 Å². The van der Waals surface area contributed by atoms with E-state index in [2.05, 4.69) is 38.3 Å². The smallest absolute Gasteiger partial charge is 0.154 e. The van der Waals surface area contributed by atoms with Crippen LogP contribution in [0.5, 0.6) is 0 Å². The zero-order valence-electron chi connectivity index (χ0n) is 14.9. The number of hydrogen-bond acceptors (Lipinski definition) is 5. The van der Waals surface area contributed by atoms with Crippen LogP contribution >= 0.6 is 0 Å². The van der Waals surface area contributed by atoms with Crippen LogP contribution in [0.25, 0.3) is 27.8 Å². The van der Waals surface area contributed by atoms with E-state index in [9.17, 15) is 0 Å². The zero-order valence-corrected chi connectivity index (χ0v) is 14.9. The van der Waals surface area contributed by atoms with E-state index in [1.54, 1.807) is 0 Å². The van der Waals surface area contributed by atoms with Gasteiger partial charge in [-0.25, -0.2) is 9.50 Å². The normalized spacial score (nSPS) is 17.9. The van der Waals surface area contributed by atoms with Crippen LogP contribution in [-0.4, -0.2) is 51.1 Å². The number of imidazole rings is 1. The van der Waals surface area contributed by atoms with Crippen LogP contribution in [0.3, 0.4) is 0 Å². The molecule has 2 fully saturated rings. The Labute approximate surface area is 156 Å². The van der Waals surface area contributed by atoms with Gasteiger partial charge >= 0.3 is 0 Å². The van der Waals surface area contributed by atoms with Gasteiger partial charge in [0.15, 0.2) is 5.65 Å². The Balaban J connectivity index is 1.46. The maximum atomic E-state index is 5.46. The summed E-state index contributed by atoms with van der Waals surface area (Å²) < 4.78 is 7.41. The number of fused-ring (bicyclic) bond motifs is 2. The molecule has 3 aromatic heterocycles. The molecular formula is C20H20N6O. The van der Waals surface area contributed by atoms with Crippen LogP contribution < -0.4 is 4.90 Å². The van der Waals surface area contributed by atoms with Crippen molar-refractivity contribution in [2.45, 2.75) is 18.8 Å². The van der Waals surface area contributed by atoms with Crippen molar-refractivity contribution in [1.82, 2.24) is 24.8 Å². The van der Waals surface area contributed by atoms with Crippen molar-refractivity contribution in [3.8, 4) is 11.3 Å². The number of anilines is 1. The maximum absolute atomic E-state index is 5.46. The van der Waals surface area contributed by atoms with E-state index in [-0.39, 0.29) is 0 Å². The predicted octanol–water partition coefficient (Wildman–Crippen LogP) is 2.99. The second kappa shape index (κ2) is 5.79. The fraction of sp³-hybridized carbons (Fsp3) is 0.350. The average Bonchev–Trinajstić information content (AvgIpc) is 3.34. The highest BCUT2D eigenvalue weighted by Gasteiger charge is 2.28.